The van der Waals surface area contributed by atoms with Crippen LogP contribution in [0.4, 0.5) is 0 Å². The molecule has 0 aromatic rings. The molecule has 0 aromatic heterocycles. The minimum Gasteiger partial charge on any atom is -0.457 e. The second kappa shape index (κ2) is 14.5. The smallest absolute Gasteiger partial charge is 0.303 e. The Morgan fingerprint density at radius 2 is 0.860 bits per heavy atom. The average molecular weight is 625 g/mol. The number of carbonyl (C=O) groups is 4. The van der Waals surface area contributed by atoms with E-state index in [4.69, 9.17) is 42.6 Å². The maximum Gasteiger partial charge on any atom is 0.303 e. The normalized spacial score (nSPS) is 43.3. The summed E-state index contributed by atoms with van der Waals surface area (Å²) >= 11 is 0. The molecule has 0 aliphatic carbocycles. The van der Waals surface area contributed by atoms with Crippen molar-refractivity contribution >= 4 is 23.9 Å². The van der Waals surface area contributed by atoms with E-state index in [0.29, 0.717) is 0 Å². The molecule has 0 amide bonds. The van der Waals surface area contributed by atoms with Gasteiger partial charge in [-0.15, -0.1) is 0 Å². The van der Waals surface area contributed by atoms with Crippen molar-refractivity contribution in [3.05, 3.63) is 0 Å². The lowest BCUT2D eigenvalue weighted by atomic mass is 9.96. The summed E-state index contributed by atoms with van der Waals surface area (Å²) in [5, 5.41) is 41.7. The van der Waals surface area contributed by atoms with Crippen molar-refractivity contribution in [3.63, 3.8) is 0 Å². The SMILES string of the molecule is CC(=O)O[C@@H]1[C@@H](OC(C)=O)[C@H](C)O[C@@H](O[C@H]2[C@@H](O)[C@H](O[C@@H]3[C@@H](O)[C@@H](O)[C@H](O)O[C@H]3C)O[C@@H](C)[C@@H]2OC(C)=O)[C@@H]1OC(C)=O. The van der Waals surface area contributed by atoms with Gasteiger partial charge in [0.15, 0.2) is 43.3 Å². The molecule has 3 saturated heterocycles. The van der Waals surface area contributed by atoms with Crippen LogP contribution in [0.15, 0.2) is 0 Å². The quantitative estimate of drug-likeness (QED) is 0.166. The number of aliphatic hydroxyl groups excluding tert-OH is 4. The van der Waals surface area contributed by atoms with Crippen molar-refractivity contribution in [2.75, 3.05) is 0 Å². The second-order valence-corrected chi connectivity index (χ2v) is 10.6. The molecule has 3 heterocycles. The highest BCUT2D eigenvalue weighted by molar-refractivity contribution is 5.68. The molecule has 4 N–H and O–H groups in total. The van der Waals surface area contributed by atoms with Gasteiger partial charge in [-0.25, -0.2) is 0 Å². The van der Waals surface area contributed by atoms with Gasteiger partial charge >= 0.3 is 23.9 Å². The molecule has 0 saturated carbocycles. The fraction of sp³-hybridized carbons (Fsp3) is 0.846. The van der Waals surface area contributed by atoms with Gasteiger partial charge in [-0.3, -0.25) is 19.2 Å². The van der Waals surface area contributed by atoms with Crippen LogP contribution in [0.25, 0.3) is 0 Å². The van der Waals surface area contributed by atoms with E-state index in [1.807, 2.05) is 0 Å². The van der Waals surface area contributed by atoms with Gasteiger partial charge in [0.2, 0.25) is 0 Å². The van der Waals surface area contributed by atoms with Gasteiger partial charge < -0.3 is 63.1 Å². The Labute approximate surface area is 247 Å². The van der Waals surface area contributed by atoms with Crippen LogP contribution in [-0.2, 0) is 61.8 Å². The number of carbonyl (C=O) groups excluding carboxylic acids is 4. The average Bonchev–Trinajstić information content (AvgIpc) is 2.88. The number of hydrogen-bond donors (Lipinski definition) is 4. The van der Waals surface area contributed by atoms with Crippen molar-refractivity contribution in [1.82, 2.24) is 0 Å². The summed E-state index contributed by atoms with van der Waals surface area (Å²) in [6, 6.07) is 0. The van der Waals surface area contributed by atoms with Gasteiger partial charge in [-0.1, -0.05) is 0 Å². The Morgan fingerprint density at radius 3 is 1.37 bits per heavy atom. The molecule has 0 bridgehead atoms. The molecule has 0 aromatic carbocycles. The molecule has 3 aliphatic heterocycles. The first-order valence-corrected chi connectivity index (χ1v) is 13.7. The molecule has 0 radical (unpaired) electrons. The third kappa shape index (κ3) is 8.37. The Kier molecular flexibility index (Phi) is 11.8. The number of rotatable bonds is 8. The fourth-order valence-corrected chi connectivity index (χ4v) is 5.21. The highest BCUT2D eigenvalue weighted by atomic mass is 16.8. The number of hydrogen-bond acceptors (Lipinski definition) is 17. The number of ether oxygens (including phenoxy) is 9. The van der Waals surface area contributed by atoms with E-state index in [1.54, 1.807) is 0 Å². The minimum absolute atomic E-state index is 0.733. The summed E-state index contributed by atoms with van der Waals surface area (Å²) in [5.74, 6) is -3.13. The first kappa shape index (κ1) is 35.0. The van der Waals surface area contributed by atoms with E-state index in [-0.39, 0.29) is 0 Å². The topological polar surface area (TPSA) is 232 Å². The summed E-state index contributed by atoms with van der Waals surface area (Å²) in [6.45, 7) is 8.82. The van der Waals surface area contributed by atoms with Crippen LogP contribution in [0.5, 0.6) is 0 Å². The van der Waals surface area contributed by atoms with Gasteiger partial charge in [-0.05, 0) is 20.8 Å². The van der Waals surface area contributed by atoms with Gasteiger partial charge in [0.05, 0.1) is 18.3 Å². The van der Waals surface area contributed by atoms with Gasteiger partial charge in [0, 0.05) is 27.7 Å². The van der Waals surface area contributed by atoms with Crippen molar-refractivity contribution in [1.29, 1.82) is 0 Å². The van der Waals surface area contributed by atoms with E-state index in [2.05, 4.69) is 0 Å². The Hall–Kier alpha value is -2.48. The second-order valence-electron chi connectivity index (χ2n) is 10.6. The van der Waals surface area contributed by atoms with Crippen LogP contribution in [0, 0.1) is 0 Å². The molecular formula is C26H40O17. The highest BCUT2D eigenvalue weighted by Gasteiger charge is 2.56. The van der Waals surface area contributed by atoms with Gasteiger partial charge in [0.25, 0.3) is 0 Å². The zero-order valence-corrected chi connectivity index (χ0v) is 24.8. The van der Waals surface area contributed by atoms with Crippen LogP contribution >= 0.6 is 0 Å². The maximum atomic E-state index is 12.1. The molecule has 3 aliphatic rings. The van der Waals surface area contributed by atoms with Gasteiger partial charge in [-0.2, -0.15) is 0 Å². The highest BCUT2D eigenvalue weighted by Crippen LogP contribution is 2.35. The third-order valence-electron chi connectivity index (χ3n) is 7.06. The van der Waals surface area contributed by atoms with E-state index >= 15 is 0 Å². The Balaban J connectivity index is 1.95. The van der Waals surface area contributed by atoms with Crippen LogP contribution in [-0.4, -0.2) is 136 Å². The monoisotopic (exact) mass is 624 g/mol. The summed E-state index contributed by atoms with van der Waals surface area (Å²) in [5.41, 5.74) is 0. The zero-order valence-electron chi connectivity index (χ0n) is 24.8. The predicted octanol–water partition coefficient (Wildman–Crippen LogP) is -2.21. The molecule has 17 nitrogen and oxygen atoms in total. The summed E-state index contributed by atoms with van der Waals surface area (Å²) in [7, 11) is 0. The van der Waals surface area contributed by atoms with Crippen LogP contribution in [0.1, 0.15) is 48.5 Å². The summed E-state index contributed by atoms with van der Waals surface area (Å²) < 4.78 is 50.1. The molecule has 3 rings (SSSR count). The van der Waals surface area contributed by atoms with E-state index in [0.717, 1.165) is 27.7 Å². The van der Waals surface area contributed by atoms with Crippen LogP contribution in [0.2, 0.25) is 0 Å². The van der Waals surface area contributed by atoms with E-state index in [9.17, 15) is 39.6 Å². The Bertz CT molecular complexity index is 1010. The fourth-order valence-electron chi connectivity index (χ4n) is 5.21. The van der Waals surface area contributed by atoms with E-state index in [1.165, 1.54) is 20.8 Å². The number of esters is 4. The van der Waals surface area contributed by atoms with Crippen molar-refractivity contribution in [2.24, 2.45) is 0 Å². The first-order chi connectivity index (χ1) is 20.0. The molecule has 0 spiro atoms. The lowest BCUT2D eigenvalue weighted by molar-refractivity contribution is -0.373. The largest absolute Gasteiger partial charge is 0.457 e. The minimum atomic E-state index is -1.78. The van der Waals surface area contributed by atoms with Crippen LogP contribution in [0.3, 0.4) is 0 Å². The van der Waals surface area contributed by atoms with E-state index < -0.39 is 116 Å². The Morgan fingerprint density at radius 1 is 0.465 bits per heavy atom. The molecule has 3 fully saturated rings. The van der Waals surface area contributed by atoms with Crippen molar-refractivity contribution in [2.45, 2.75) is 141 Å². The van der Waals surface area contributed by atoms with Crippen LogP contribution < -0.4 is 0 Å². The van der Waals surface area contributed by atoms with Crippen molar-refractivity contribution in [3.8, 4) is 0 Å². The molecule has 17 heteroatoms. The summed E-state index contributed by atoms with van der Waals surface area (Å²) in [6.07, 6.45) is -21.2. The standard InChI is InChI=1S/C26H40O17/c1-8-18(15(31)16(32)24(34)35-8)42-25-17(33)21(19(9(2)36-25)38-11(4)27)43-26-23(41-14(7)30)22(40-13(6)29)20(10(3)37-26)39-12(5)28/h8-10,15-26,31-34H,1-7H3/t8-,9-,10-,15-,16+,17+,18-,19-,20-,21-,22+,23+,24+,25-,26-/m0/s1. The lowest BCUT2D eigenvalue weighted by Crippen LogP contribution is -2.66. The number of aliphatic hydroxyl groups is 4. The molecular weight excluding hydrogens is 584 g/mol. The first-order valence-electron chi connectivity index (χ1n) is 13.7. The summed E-state index contributed by atoms with van der Waals surface area (Å²) in [4.78, 5) is 47.9. The molecule has 246 valence electrons. The molecule has 43 heavy (non-hydrogen) atoms. The molecule has 0 unspecified atom stereocenters. The van der Waals surface area contributed by atoms with Crippen molar-refractivity contribution < 1.29 is 82.2 Å². The maximum absolute atomic E-state index is 12.1. The van der Waals surface area contributed by atoms with Gasteiger partial charge in [0.1, 0.15) is 30.5 Å². The molecule has 15 atom stereocenters. The predicted molar refractivity (Wildman–Crippen MR) is 135 cm³/mol. The third-order valence-corrected chi connectivity index (χ3v) is 7.06. The lowest BCUT2D eigenvalue weighted by Gasteiger charge is -2.48. The zero-order chi connectivity index (χ0) is 32.3.